The molecule has 0 aromatic heterocycles. The van der Waals surface area contributed by atoms with E-state index in [0.29, 0.717) is 34.2 Å². The second-order valence-corrected chi connectivity index (χ2v) is 6.20. The van der Waals surface area contributed by atoms with Crippen molar-refractivity contribution in [3.63, 3.8) is 0 Å². The van der Waals surface area contributed by atoms with Crippen LogP contribution in [0.4, 0.5) is 5.69 Å². The third-order valence-corrected chi connectivity index (χ3v) is 4.10. The average Bonchev–Trinajstić information content (AvgIpc) is 2.80. The maximum atomic E-state index is 12.1. The van der Waals surface area contributed by atoms with E-state index in [1.807, 2.05) is 30.3 Å². The molecule has 2 amide bonds. The summed E-state index contributed by atoms with van der Waals surface area (Å²) in [5.41, 5.74) is 3.21. The van der Waals surface area contributed by atoms with Crippen molar-refractivity contribution < 1.29 is 23.8 Å². The fraction of sp³-hybridized carbons (Fsp3) is 0.0870. The molecular formula is C23H21N3O5. The summed E-state index contributed by atoms with van der Waals surface area (Å²) in [5.74, 6) is 0.677. The number of methoxy groups -OCH3 is 2. The predicted molar refractivity (Wildman–Crippen MR) is 117 cm³/mol. The van der Waals surface area contributed by atoms with Gasteiger partial charge in [0, 0.05) is 11.3 Å². The van der Waals surface area contributed by atoms with Gasteiger partial charge in [0.15, 0.2) is 0 Å². The number of nitrogens with zero attached hydrogens (tertiary/aromatic N) is 1. The number of nitrogens with one attached hydrogen (secondary N) is 2. The van der Waals surface area contributed by atoms with Gasteiger partial charge in [-0.3, -0.25) is 9.59 Å². The maximum absolute atomic E-state index is 12.1. The lowest BCUT2D eigenvalue weighted by Gasteiger charge is -2.08. The van der Waals surface area contributed by atoms with Crippen molar-refractivity contribution in [2.24, 2.45) is 5.10 Å². The monoisotopic (exact) mass is 419 g/mol. The molecule has 8 nitrogen and oxygen atoms in total. The zero-order chi connectivity index (χ0) is 22.1. The summed E-state index contributed by atoms with van der Waals surface area (Å²) in [6.07, 6.45) is 1.36. The van der Waals surface area contributed by atoms with E-state index in [2.05, 4.69) is 15.8 Å². The number of para-hydroxylation sites is 1. The van der Waals surface area contributed by atoms with Crippen molar-refractivity contribution in [3.8, 4) is 23.0 Å². The van der Waals surface area contributed by atoms with Crippen LogP contribution in [0.3, 0.4) is 0 Å². The molecule has 0 saturated carbocycles. The zero-order valence-corrected chi connectivity index (χ0v) is 17.0. The zero-order valence-electron chi connectivity index (χ0n) is 17.0. The first-order valence-electron chi connectivity index (χ1n) is 9.28. The molecule has 8 heteroatoms. The van der Waals surface area contributed by atoms with Crippen molar-refractivity contribution >= 4 is 23.7 Å². The second kappa shape index (κ2) is 10.4. The number of rotatable bonds is 7. The quantitative estimate of drug-likeness (QED) is 0.347. The standard InChI is InChI=1S/C23H21N3O5/c1-29-20-12-13-21(30-2)16(14-20)15-24-26-23(28)22(27)25-17-8-10-19(11-9-17)31-18-6-4-3-5-7-18/h3-15H,1-2H3,(H,25,27)(H,26,28)/b24-15-. The lowest BCUT2D eigenvalue weighted by molar-refractivity contribution is -0.136. The van der Waals surface area contributed by atoms with E-state index in [1.165, 1.54) is 20.4 Å². The summed E-state index contributed by atoms with van der Waals surface area (Å²) in [5, 5.41) is 6.31. The SMILES string of the molecule is COc1ccc(OC)c(/C=N\NC(=O)C(=O)Nc2ccc(Oc3ccccc3)cc2)c1. The minimum atomic E-state index is -0.914. The minimum absolute atomic E-state index is 0.444. The van der Waals surface area contributed by atoms with E-state index < -0.39 is 11.8 Å². The molecule has 0 heterocycles. The van der Waals surface area contributed by atoms with Crippen molar-refractivity contribution in [1.29, 1.82) is 0 Å². The highest BCUT2D eigenvalue weighted by atomic mass is 16.5. The lowest BCUT2D eigenvalue weighted by Crippen LogP contribution is -2.32. The van der Waals surface area contributed by atoms with Crippen LogP contribution in [0.25, 0.3) is 0 Å². The Balaban J connectivity index is 1.55. The van der Waals surface area contributed by atoms with Crippen LogP contribution in [0.1, 0.15) is 5.56 Å². The van der Waals surface area contributed by atoms with Crippen LogP contribution in [0, 0.1) is 0 Å². The molecule has 2 N–H and O–H groups in total. The Labute approximate surface area is 179 Å². The van der Waals surface area contributed by atoms with E-state index >= 15 is 0 Å². The number of hydrogen-bond donors (Lipinski definition) is 2. The number of hydrogen-bond acceptors (Lipinski definition) is 6. The third kappa shape index (κ3) is 6.07. The van der Waals surface area contributed by atoms with E-state index in [0.717, 1.165) is 0 Å². The molecule has 3 aromatic carbocycles. The van der Waals surface area contributed by atoms with Crippen LogP contribution < -0.4 is 25.0 Å². The molecule has 0 aliphatic carbocycles. The topological polar surface area (TPSA) is 98.3 Å². The summed E-state index contributed by atoms with van der Waals surface area (Å²) in [4.78, 5) is 24.1. The van der Waals surface area contributed by atoms with Crippen molar-refractivity contribution in [2.75, 3.05) is 19.5 Å². The minimum Gasteiger partial charge on any atom is -0.497 e. The lowest BCUT2D eigenvalue weighted by atomic mass is 10.2. The smallest absolute Gasteiger partial charge is 0.329 e. The Morgan fingerprint density at radius 1 is 0.806 bits per heavy atom. The van der Waals surface area contributed by atoms with Gasteiger partial charge in [0.05, 0.1) is 20.4 Å². The van der Waals surface area contributed by atoms with Gasteiger partial charge in [-0.05, 0) is 54.6 Å². The molecule has 0 aliphatic heterocycles. The van der Waals surface area contributed by atoms with E-state index in [-0.39, 0.29) is 0 Å². The molecule has 3 aromatic rings. The molecule has 0 radical (unpaired) electrons. The largest absolute Gasteiger partial charge is 0.497 e. The van der Waals surface area contributed by atoms with Crippen LogP contribution in [0.2, 0.25) is 0 Å². The molecule has 158 valence electrons. The van der Waals surface area contributed by atoms with Gasteiger partial charge in [-0.15, -0.1) is 0 Å². The van der Waals surface area contributed by atoms with Crippen LogP contribution in [0.5, 0.6) is 23.0 Å². The Kier molecular flexibility index (Phi) is 7.21. The molecule has 0 aliphatic rings. The van der Waals surface area contributed by atoms with Crippen LogP contribution >= 0.6 is 0 Å². The second-order valence-electron chi connectivity index (χ2n) is 6.20. The predicted octanol–water partition coefficient (Wildman–Crippen LogP) is 3.58. The fourth-order valence-corrected chi connectivity index (χ4v) is 2.57. The molecule has 0 spiro atoms. The van der Waals surface area contributed by atoms with Gasteiger partial charge in [-0.25, -0.2) is 5.43 Å². The highest BCUT2D eigenvalue weighted by molar-refractivity contribution is 6.39. The van der Waals surface area contributed by atoms with Gasteiger partial charge >= 0.3 is 11.8 Å². The number of hydrazone groups is 1. The molecule has 0 saturated heterocycles. The molecular weight excluding hydrogens is 398 g/mol. The summed E-state index contributed by atoms with van der Waals surface area (Å²) in [6, 6.07) is 21.1. The van der Waals surface area contributed by atoms with Crippen molar-refractivity contribution in [1.82, 2.24) is 5.43 Å². The third-order valence-electron chi connectivity index (χ3n) is 4.10. The molecule has 0 unspecified atom stereocenters. The first-order chi connectivity index (χ1) is 15.1. The Bertz CT molecular complexity index is 1070. The van der Waals surface area contributed by atoms with Gasteiger partial charge in [-0.2, -0.15) is 5.10 Å². The number of anilines is 1. The van der Waals surface area contributed by atoms with E-state index in [4.69, 9.17) is 14.2 Å². The average molecular weight is 419 g/mol. The summed E-state index contributed by atoms with van der Waals surface area (Å²) in [6.45, 7) is 0. The molecule has 31 heavy (non-hydrogen) atoms. The fourth-order valence-electron chi connectivity index (χ4n) is 2.57. The first kappa shape index (κ1) is 21.4. The van der Waals surface area contributed by atoms with Crippen LogP contribution in [-0.4, -0.2) is 32.2 Å². The van der Waals surface area contributed by atoms with Gasteiger partial charge in [0.2, 0.25) is 0 Å². The molecule has 3 rings (SSSR count). The molecule has 0 atom stereocenters. The van der Waals surface area contributed by atoms with Gasteiger partial charge in [0.1, 0.15) is 23.0 Å². The number of benzene rings is 3. The number of carbonyl (C=O) groups excluding carboxylic acids is 2. The van der Waals surface area contributed by atoms with Gasteiger partial charge in [0.25, 0.3) is 0 Å². The maximum Gasteiger partial charge on any atom is 0.329 e. The van der Waals surface area contributed by atoms with Gasteiger partial charge in [-0.1, -0.05) is 18.2 Å². The summed E-state index contributed by atoms with van der Waals surface area (Å²) in [7, 11) is 3.05. The highest BCUT2D eigenvalue weighted by Crippen LogP contribution is 2.23. The number of ether oxygens (including phenoxy) is 3. The van der Waals surface area contributed by atoms with Crippen molar-refractivity contribution in [3.05, 3.63) is 78.4 Å². The van der Waals surface area contributed by atoms with Crippen LogP contribution in [-0.2, 0) is 9.59 Å². The van der Waals surface area contributed by atoms with E-state index in [1.54, 1.807) is 42.5 Å². The van der Waals surface area contributed by atoms with Gasteiger partial charge < -0.3 is 19.5 Å². The normalized spacial score (nSPS) is 10.4. The molecule has 0 bridgehead atoms. The first-order valence-corrected chi connectivity index (χ1v) is 9.28. The molecule has 0 fully saturated rings. The Morgan fingerprint density at radius 3 is 2.16 bits per heavy atom. The number of amides is 2. The number of carbonyl (C=O) groups is 2. The summed E-state index contributed by atoms with van der Waals surface area (Å²) >= 11 is 0. The Morgan fingerprint density at radius 2 is 1.48 bits per heavy atom. The Hall–Kier alpha value is -4.33. The van der Waals surface area contributed by atoms with E-state index in [9.17, 15) is 9.59 Å². The van der Waals surface area contributed by atoms with Crippen molar-refractivity contribution in [2.45, 2.75) is 0 Å². The van der Waals surface area contributed by atoms with Crippen LogP contribution in [0.15, 0.2) is 77.9 Å². The summed E-state index contributed by atoms with van der Waals surface area (Å²) < 4.78 is 16.1. The highest BCUT2D eigenvalue weighted by Gasteiger charge is 2.13.